The van der Waals surface area contributed by atoms with Gasteiger partial charge in [-0.25, -0.2) is 0 Å². The van der Waals surface area contributed by atoms with Gasteiger partial charge in [-0.05, 0) is 18.3 Å². The van der Waals surface area contributed by atoms with Crippen molar-refractivity contribution in [1.29, 1.82) is 0 Å². The van der Waals surface area contributed by atoms with Gasteiger partial charge in [0.1, 0.15) is 0 Å². The van der Waals surface area contributed by atoms with Crippen LogP contribution in [0.25, 0.3) is 0 Å². The Morgan fingerprint density at radius 2 is 2.15 bits per heavy atom. The molecule has 3 heteroatoms. The molecule has 13 heavy (non-hydrogen) atoms. The normalized spacial score (nSPS) is 34.5. The van der Waals surface area contributed by atoms with Crippen molar-refractivity contribution >= 4 is 5.91 Å². The van der Waals surface area contributed by atoms with Gasteiger partial charge in [0.25, 0.3) is 0 Å². The van der Waals surface area contributed by atoms with Gasteiger partial charge in [0.2, 0.25) is 5.91 Å². The maximum absolute atomic E-state index is 10.6. The highest BCUT2D eigenvalue weighted by Crippen LogP contribution is 2.29. The predicted molar refractivity (Wildman–Crippen MR) is 53.2 cm³/mol. The molecule has 1 aliphatic carbocycles. The molecular weight excluding hydrogens is 164 g/mol. The first kappa shape index (κ1) is 10.5. The van der Waals surface area contributed by atoms with E-state index in [2.05, 4.69) is 19.2 Å². The molecule has 0 bridgehead atoms. The van der Waals surface area contributed by atoms with E-state index in [4.69, 9.17) is 5.73 Å². The van der Waals surface area contributed by atoms with E-state index in [9.17, 15) is 4.79 Å². The topological polar surface area (TPSA) is 55.1 Å². The second-order valence-electron chi connectivity index (χ2n) is 4.22. The lowest BCUT2D eigenvalue weighted by Crippen LogP contribution is -2.44. The molecule has 0 heterocycles. The Morgan fingerprint density at radius 3 is 2.77 bits per heavy atom. The van der Waals surface area contributed by atoms with Crippen molar-refractivity contribution in [2.24, 2.45) is 17.6 Å². The standard InChI is InChI=1S/C10H20N2O/c1-7-4-3-5-9(8(7)2)12-6-10(11)13/h7-9,12H,3-6H2,1-2H3,(H2,11,13). The van der Waals surface area contributed by atoms with E-state index in [1.807, 2.05) is 0 Å². The molecule has 3 nitrogen and oxygen atoms in total. The van der Waals surface area contributed by atoms with Crippen molar-refractivity contribution in [3.8, 4) is 0 Å². The van der Waals surface area contributed by atoms with Crippen molar-refractivity contribution in [3.05, 3.63) is 0 Å². The molecule has 1 saturated carbocycles. The summed E-state index contributed by atoms with van der Waals surface area (Å²) in [5, 5.41) is 3.23. The molecule has 0 aliphatic heterocycles. The summed E-state index contributed by atoms with van der Waals surface area (Å²) in [5.41, 5.74) is 5.09. The third-order valence-corrected chi connectivity index (χ3v) is 3.25. The minimum absolute atomic E-state index is 0.259. The Hall–Kier alpha value is -0.570. The first-order valence-electron chi connectivity index (χ1n) is 5.13. The Morgan fingerprint density at radius 1 is 1.46 bits per heavy atom. The number of hydrogen-bond donors (Lipinski definition) is 2. The summed E-state index contributed by atoms with van der Waals surface area (Å²) in [6, 6.07) is 0.483. The van der Waals surface area contributed by atoms with Crippen LogP contribution in [0.3, 0.4) is 0 Å². The second kappa shape index (κ2) is 4.61. The van der Waals surface area contributed by atoms with Crippen molar-refractivity contribution in [2.75, 3.05) is 6.54 Å². The Balaban J connectivity index is 2.35. The summed E-state index contributed by atoms with van der Waals surface area (Å²) in [6.07, 6.45) is 3.76. The zero-order valence-electron chi connectivity index (χ0n) is 8.55. The zero-order valence-corrected chi connectivity index (χ0v) is 8.55. The monoisotopic (exact) mass is 184 g/mol. The van der Waals surface area contributed by atoms with Crippen LogP contribution in [0.5, 0.6) is 0 Å². The first-order chi connectivity index (χ1) is 6.11. The van der Waals surface area contributed by atoms with Crippen molar-refractivity contribution < 1.29 is 4.79 Å². The number of carbonyl (C=O) groups is 1. The van der Waals surface area contributed by atoms with Gasteiger partial charge in [0.05, 0.1) is 6.54 Å². The van der Waals surface area contributed by atoms with Crippen LogP contribution in [0.1, 0.15) is 33.1 Å². The largest absolute Gasteiger partial charge is 0.369 e. The van der Waals surface area contributed by atoms with Crippen LogP contribution in [0.2, 0.25) is 0 Å². The van der Waals surface area contributed by atoms with E-state index < -0.39 is 0 Å². The minimum atomic E-state index is -0.259. The molecule has 0 aromatic carbocycles. The number of nitrogens with two attached hydrogens (primary N) is 1. The number of amides is 1. The molecule has 0 saturated heterocycles. The van der Waals surface area contributed by atoms with Gasteiger partial charge in [-0.15, -0.1) is 0 Å². The number of primary amides is 1. The maximum Gasteiger partial charge on any atom is 0.231 e. The van der Waals surface area contributed by atoms with Gasteiger partial charge in [0.15, 0.2) is 0 Å². The summed E-state index contributed by atoms with van der Waals surface area (Å²) >= 11 is 0. The molecule has 1 amide bonds. The van der Waals surface area contributed by atoms with E-state index in [0.29, 0.717) is 18.5 Å². The molecule has 3 N–H and O–H groups in total. The van der Waals surface area contributed by atoms with E-state index in [1.165, 1.54) is 19.3 Å². The summed E-state index contributed by atoms with van der Waals surface area (Å²) < 4.78 is 0. The van der Waals surface area contributed by atoms with Gasteiger partial charge in [0, 0.05) is 6.04 Å². The fraction of sp³-hybridized carbons (Fsp3) is 0.900. The molecule has 1 aliphatic rings. The first-order valence-corrected chi connectivity index (χ1v) is 5.13. The maximum atomic E-state index is 10.6. The average Bonchev–Trinajstić information content (AvgIpc) is 2.07. The predicted octanol–water partition coefficient (Wildman–Crippen LogP) is 0.886. The Labute approximate surface area is 80.1 Å². The van der Waals surface area contributed by atoms with Crippen LogP contribution in [-0.2, 0) is 4.79 Å². The van der Waals surface area contributed by atoms with E-state index in [0.717, 1.165) is 5.92 Å². The van der Waals surface area contributed by atoms with E-state index in [1.54, 1.807) is 0 Å². The van der Waals surface area contributed by atoms with Crippen LogP contribution in [0.15, 0.2) is 0 Å². The van der Waals surface area contributed by atoms with E-state index >= 15 is 0 Å². The molecule has 0 aromatic rings. The minimum Gasteiger partial charge on any atom is -0.369 e. The summed E-state index contributed by atoms with van der Waals surface area (Å²) in [6.45, 7) is 4.85. The molecule has 1 fully saturated rings. The fourth-order valence-corrected chi connectivity index (χ4v) is 2.10. The lowest BCUT2D eigenvalue weighted by atomic mass is 9.78. The fourth-order valence-electron chi connectivity index (χ4n) is 2.10. The number of nitrogens with one attached hydrogen (secondary N) is 1. The third-order valence-electron chi connectivity index (χ3n) is 3.25. The second-order valence-corrected chi connectivity index (χ2v) is 4.22. The molecule has 3 atom stereocenters. The van der Waals surface area contributed by atoms with Crippen LogP contribution >= 0.6 is 0 Å². The average molecular weight is 184 g/mol. The SMILES string of the molecule is CC1CCCC(NCC(N)=O)C1C. The van der Waals surface area contributed by atoms with Gasteiger partial charge in [-0.1, -0.05) is 26.7 Å². The zero-order chi connectivity index (χ0) is 9.84. The lowest BCUT2D eigenvalue weighted by Gasteiger charge is -2.34. The molecule has 0 aromatic heterocycles. The Kier molecular flexibility index (Phi) is 3.72. The summed E-state index contributed by atoms with van der Waals surface area (Å²) in [4.78, 5) is 10.6. The third kappa shape index (κ3) is 2.99. The van der Waals surface area contributed by atoms with E-state index in [-0.39, 0.29) is 5.91 Å². The van der Waals surface area contributed by atoms with Gasteiger partial charge in [-0.2, -0.15) is 0 Å². The van der Waals surface area contributed by atoms with Gasteiger partial charge in [-0.3, -0.25) is 4.79 Å². The van der Waals surface area contributed by atoms with Crippen molar-refractivity contribution in [3.63, 3.8) is 0 Å². The quantitative estimate of drug-likeness (QED) is 0.684. The summed E-state index contributed by atoms with van der Waals surface area (Å²) in [5.74, 6) is 1.16. The smallest absolute Gasteiger partial charge is 0.231 e. The number of carbonyl (C=O) groups excluding carboxylic acids is 1. The van der Waals surface area contributed by atoms with Crippen LogP contribution in [0.4, 0.5) is 0 Å². The molecule has 0 radical (unpaired) electrons. The Bertz CT molecular complexity index is 182. The number of rotatable bonds is 3. The van der Waals surface area contributed by atoms with Gasteiger partial charge >= 0.3 is 0 Å². The highest BCUT2D eigenvalue weighted by atomic mass is 16.1. The molecule has 0 spiro atoms. The highest BCUT2D eigenvalue weighted by Gasteiger charge is 2.26. The molecular formula is C10H20N2O. The highest BCUT2D eigenvalue weighted by molar-refractivity contribution is 5.75. The summed E-state index contributed by atoms with van der Waals surface area (Å²) in [7, 11) is 0. The molecule has 3 unspecified atom stereocenters. The van der Waals surface area contributed by atoms with Crippen LogP contribution in [0, 0.1) is 11.8 Å². The van der Waals surface area contributed by atoms with Crippen LogP contribution < -0.4 is 11.1 Å². The number of hydrogen-bond acceptors (Lipinski definition) is 2. The van der Waals surface area contributed by atoms with Crippen molar-refractivity contribution in [1.82, 2.24) is 5.32 Å². The lowest BCUT2D eigenvalue weighted by molar-refractivity contribution is -0.117. The molecule has 1 rings (SSSR count). The van der Waals surface area contributed by atoms with Gasteiger partial charge < -0.3 is 11.1 Å². The van der Waals surface area contributed by atoms with Crippen molar-refractivity contribution in [2.45, 2.75) is 39.2 Å². The van der Waals surface area contributed by atoms with Crippen LogP contribution in [-0.4, -0.2) is 18.5 Å². The molecule has 76 valence electrons.